The molecule has 3 heterocycles. The number of amides is 2. The first-order chi connectivity index (χ1) is 16.4. The van der Waals surface area contributed by atoms with Gasteiger partial charge in [-0.25, -0.2) is 4.98 Å². The Balaban J connectivity index is 1.31. The van der Waals surface area contributed by atoms with Gasteiger partial charge in [-0.3, -0.25) is 9.59 Å². The molecule has 1 saturated carbocycles. The molecule has 2 aromatic heterocycles. The van der Waals surface area contributed by atoms with Crippen LogP contribution in [0.1, 0.15) is 50.1 Å². The van der Waals surface area contributed by atoms with E-state index in [9.17, 15) is 14.4 Å². The first-order valence-electron chi connectivity index (χ1n) is 11.4. The zero-order chi connectivity index (χ0) is 23.8. The molecule has 34 heavy (non-hydrogen) atoms. The van der Waals surface area contributed by atoms with Gasteiger partial charge in [-0.15, -0.1) is 11.3 Å². The van der Waals surface area contributed by atoms with Gasteiger partial charge < -0.3 is 25.3 Å². The predicted octanol–water partition coefficient (Wildman–Crippen LogP) is 3.16. The molecule has 1 aromatic carbocycles. The van der Waals surface area contributed by atoms with Gasteiger partial charge in [-0.05, 0) is 50.6 Å². The lowest BCUT2D eigenvalue weighted by Crippen LogP contribution is -2.54. The third-order valence-corrected chi connectivity index (χ3v) is 7.98. The van der Waals surface area contributed by atoms with Gasteiger partial charge in [0.15, 0.2) is 5.01 Å². The molecule has 8 nitrogen and oxygen atoms in total. The minimum Gasteiger partial charge on any atom is -0.351 e. The highest BCUT2D eigenvalue weighted by atomic mass is 35.5. The van der Waals surface area contributed by atoms with E-state index < -0.39 is 0 Å². The first-order valence-corrected chi connectivity index (χ1v) is 12.6. The number of hydrogen-bond donors (Lipinski definition) is 3. The van der Waals surface area contributed by atoms with E-state index in [-0.39, 0.29) is 29.8 Å². The summed E-state index contributed by atoms with van der Waals surface area (Å²) in [5.41, 5.74) is 2.24. The summed E-state index contributed by atoms with van der Waals surface area (Å²) in [5, 5.41) is 8.00. The molecule has 0 radical (unpaired) electrons. The smallest absolute Gasteiger partial charge is 0.280 e. The summed E-state index contributed by atoms with van der Waals surface area (Å²) in [6.07, 6.45) is 3.53. The van der Waals surface area contributed by atoms with Crippen molar-refractivity contribution in [2.75, 3.05) is 13.6 Å². The molecule has 0 saturated heterocycles. The number of thiazole rings is 1. The van der Waals surface area contributed by atoms with Crippen molar-refractivity contribution in [1.82, 2.24) is 25.5 Å². The summed E-state index contributed by atoms with van der Waals surface area (Å²) in [7, 11) is 2.05. The molecule has 3 atom stereocenters. The maximum Gasteiger partial charge on any atom is 0.280 e. The van der Waals surface area contributed by atoms with E-state index in [1.807, 2.05) is 6.07 Å². The Labute approximate surface area is 206 Å². The van der Waals surface area contributed by atoms with Crippen molar-refractivity contribution in [1.29, 1.82) is 0 Å². The van der Waals surface area contributed by atoms with Crippen LogP contribution in [0.3, 0.4) is 0 Å². The van der Waals surface area contributed by atoms with Gasteiger partial charge in [-0.1, -0.05) is 11.6 Å². The van der Waals surface area contributed by atoms with E-state index in [4.69, 9.17) is 11.6 Å². The van der Waals surface area contributed by atoms with Crippen LogP contribution in [-0.4, -0.2) is 58.6 Å². The Morgan fingerprint density at radius 2 is 2.03 bits per heavy atom. The van der Waals surface area contributed by atoms with Gasteiger partial charge in [0, 0.05) is 52.3 Å². The van der Waals surface area contributed by atoms with Crippen LogP contribution < -0.4 is 10.6 Å². The fourth-order valence-electron chi connectivity index (χ4n) is 4.78. The number of nitrogens with zero attached hydrogens (tertiary/aromatic N) is 2. The Hall–Kier alpha value is -2.75. The lowest BCUT2D eigenvalue weighted by molar-refractivity contribution is -0.112. The lowest BCUT2D eigenvalue weighted by atomic mass is 9.83. The third kappa shape index (κ3) is 4.73. The molecule has 3 aromatic rings. The number of aromatic amines is 1. The topological polar surface area (TPSA) is 107 Å². The average molecular weight is 500 g/mol. The Kier molecular flexibility index (Phi) is 6.42. The molecule has 0 spiro atoms. The maximum atomic E-state index is 13.1. The van der Waals surface area contributed by atoms with Gasteiger partial charge >= 0.3 is 0 Å². The number of benzene rings is 1. The predicted molar refractivity (Wildman–Crippen MR) is 131 cm³/mol. The number of likely N-dealkylation sites (N-methyl/N-ethyl adjacent to an activating group) is 1. The largest absolute Gasteiger partial charge is 0.351 e. The second kappa shape index (κ2) is 9.48. The van der Waals surface area contributed by atoms with E-state index in [1.165, 1.54) is 11.3 Å². The van der Waals surface area contributed by atoms with Crippen LogP contribution in [0, 0.1) is 5.92 Å². The maximum absolute atomic E-state index is 13.1. The minimum atomic E-state index is -0.358. The van der Waals surface area contributed by atoms with Crippen LogP contribution in [-0.2, 0) is 17.8 Å². The number of hydrogen-bond acceptors (Lipinski definition) is 6. The van der Waals surface area contributed by atoms with Crippen molar-refractivity contribution in [2.24, 2.45) is 5.92 Å². The number of halogens is 1. The minimum absolute atomic E-state index is 0.146. The van der Waals surface area contributed by atoms with Crippen LogP contribution >= 0.6 is 22.9 Å². The number of fused-ring (bicyclic) bond motifs is 2. The third-order valence-electron chi connectivity index (χ3n) is 6.66. The van der Waals surface area contributed by atoms with E-state index in [0.29, 0.717) is 35.0 Å². The summed E-state index contributed by atoms with van der Waals surface area (Å²) in [6.45, 7) is 1.72. The quantitative estimate of drug-likeness (QED) is 0.467. The highest BCUT2D eigenvalue weighted by molar-refractivity contribution is 7.13. The molecular formula is C24H26ClN5O3S. The van der Waals surface area contributed by atoms with Crippen molar-refractivity contribution in [3.63, 3.8) is 0 Å². The summed E-state index contributed by atoms with van der Waals surface area (Å²) in [6, 6.07) is 6.51. The first kappa shape index (κ1) is 23.0. The molecule has 5 rings (SSSR count). The molecule has 178 valence electrons. The Bertz CT molecular complexity index is 1250. The van der Waals surface area contributed by atoms with Gasteiger partial charge in [-0.2, -0.15) is 0 Å². The number of H-pyrrole nitrogens is 1. The van der Waals surface area contributed by atoms with Crippen LogP contribution in [0.15, 0.2) is 24.3 Å². The second-order valence-electron chi connectivity index (χ2n) is 9.16. The number of aromatic nitrogens is 2. The monoisotopic (exact) mass is 499 g/mol. The number of nitrogens with one attached hydrogen (secondary N) is 3. The van der Waals surface area contributed by atoms with Crippen LogP contribution in [0.4, 0.5) is 0 Å². The molecule has 0 bridgehead atoms. The van der Waals surface area contributed by atoms with E-state index in [1.54, 1.807) is 18.2 Å². The average Bonchev–Trinajstić information content (AvgIpc) is 3.43. The fourth-order valence-corrected chi connectivity index (χ4v) is 6.05. The summed E-state index contributed by atoms with van der Waals surface area (Å²) in [4.78, 5) is 48.6. The lowest BCUT2D eigenvalue weighted by Gasteiger charge is -2.35. The zero-order valence-electron chi connectivity index (χ0n) is 18.8. The molecular weight excluding hydrogens is 474 g/mol. The normalized spacial score (nSPS) is 22.8. The van der Waals surface area contributed by atoms with Crippen molar-refractivity contribution in [2.45, 2.75) is 44.3 Å². The molecule has 1 fully saturated rings. The van der Waals surface area contributed by atoms with Crippen LogP contribution in [0.25, 0.3) is 10.9 Å². The highest BCUT2D eigenvalue weighted by Gasteiger charge is 2.34. The molecule has 2 amide bonds. The van der Waals surface area contributed by atoms with Gasteiger partial charge in [0.05, 0.1) is 11.7 Å². The van der Waals surface area contributed by atoms with Crippen molar-refractivity contribution >= 4 is 51.9 Å². The Morgan fingerprint density at radius 1 is 1.21 bits per heavy atom. The summed E-state index contributed by atoms with van der Waals surface area (Å²) in [5.74, 6) is -0.654. The van der Waals surface area contributed by atoms with Crippen LogP contribution in [0.5, 0.6) is 0 Å². The number of rotatable bonds is 5. The summed E-state index contributed by atoms with van der Waals surface area (Å²) < 4.78 is 0. The van der Waals surface area contributed by atoms with E-state index in [0.717, 1.165) is 47.3 Å². The summed E-state index contributed by atoms with van der Waals surface area (Å²) >= 11 is 7.48. The van der Waals surface area contributed by atoms with Gasteiger partial charge in [0.1, 0.15) is 12.0 Å². The van der Waals surface area contributed by atoms with E-state index >= 15 is 0 Å². The zero-order valence-corrected chi connectivity index (χ0v) is 20.3. The van der Waals surface area contributed by atoms with Crippen molar-refractivity contribution in [3.8, 4) is 0 Å². The van der Waals surface area contributed by atoms with Crippen molar-refractivity contribution < 1.29 is 14.4 Å². The van der Waals surface area contributed by atoms with E-state index in [2.05, 4.69) is 32.5 Å². The molecule has 1 aliphatic carbocycles. The molecule has 0 unspecified atom stereocenters. The number of carbonyl (C=O) groups is 3. The number of carbonyl (C=O) groups excluding carboxylic acids is 3. The Morgan fingerprint density at radius 3 is 2.85 bits per heavy atom. The molecule has 3 N–H and O–H groups in total. The number of aldehydes is 1. The van der Waals surface area contributed by atoms with Gasteiger partial charge in [0.2, 0.25) is 0 Å². The molecule has 1 aliphatic heterocycles. The fraction of sp³-hybridized carbons (Fsp3) is 0.417. The van der Waals surface area contributed by atoms with Gasteiger partial charge in [0.25, 0.3) is 11.8 Å². The standard InChI is InChI=1S/C24H26ClN5O3S/c1-30-7-6-18-21(11-30)34-24(29-18)23(33)28-19-8-13(12-31)2-4-17(19)27-22(32)20-10-14-9-15(25)3-5-16(14)26-20/h3,5,9-10,12-13,17,19,26H,2,4,6-8,11H2,1H3,(H,27,32)(H,28,33)/t13-,17+,19-/m1/s1. The molecule has 2 aliphatic rings. The SMILES string of the molecule is CN1CCc2nc(C(=O)N[C@@H]3C[C@H](C=O)CC[C@@H]3NC(=O)c3cc4cc(Cl)ccc4[nH]3)sc2C1. The highest BCUT2D eigenvalue weighted by Crippen LogP contribution is 2.27. The van der Waals surface area contributed by atoms with Crippen LogP contribution in [0.2, 0.25) is 5.02 Å². The second-order valence-corrected chi connectivity index (χ2v) is 10.7. The van der Waals surface area contributed by atoms with Crippen molar-refractivity contribution in [3.05, 3.63) is 50.6 Å². The molecule has 10 heteroatoms.